The molecule has 132 valence electrons. The van der Waals surface area contributed by atoms with Crippen LogP contribution in [0.15, 0.2) is 45.6 Å². The highest BCUT2D eigenvalue weighted by Crippen LogP contribution is 2.31. The third-order valence-electron chi connectivity index (χ3n) is 4.75. The summed E-state index contributed by atoms with van der Waals surface area (Å²) in [6.07, 6.45) is 3.95. The van der Waals surface area contributed by atoms with E-state index in [4.69, 9.17) is 13.9 Å². The molecule has 5 heteroatoms. The molecule has 0 N–H and O–H groups in total. The third kappa shape index (κ3) is 2.96. The molecule has 0 bridgehead atoms. The molecule has 2 aromatic carbocycles. The number of hydrogen-bond acceptors (Lipinski definition) is 5. The van der Waals surface area contributed by atoms with Gasteiger partial charge in [0.2, 0.25) is 0 Å². The number of aryl methyl sites for hydroxylation is 2. The zero-order chi connectivity index (χ0) is 18.1. The summed E-state index contributed by atoms with van der Waals surface area (Å²) < 4.78 is 16.5. The summed E-state index contributed by atoms with van der Waals surface area (Å²) in [5.74, 6) is 0.989. The van der Waals surface area contributed by atoms with Crippen molar-refractivity contribution in [3.05, 3.63) is 69.1 Å². The van der Waals surface area contributed by atoms with Gasteiger partial charge in [-0.2, -0.15) is 0 Å². The van der Waals surface area contributed by atoms with Gasteiger partial charge in [-0.25, -0.2) is 4.79 Å². The number of benzene rings is 2. The van der Waals surface area contributed by atoms with Gasteiger partial charge in [0.05, 0.1) is 7.11 Å². The molecule has 26 heavy (non-hydrogen) atoms. The number of ether oxygens (including phenoxy) is 2. The van der Waals surface area contributed by atoms with Crippen molar-refractivity contribution in [3.63, 3.8) is 0 Å². The summed E-state index contributed by atoms with van der Waals surface area (Å²) in [5.41, 5.74) is 4.05. The van der Waals surface area contributed by atoms with Crippen molar-refractivity contribution in [2.45, 2.75) is 25.9 Å². The van der Waals surface area contributed by atoms with Crippen LogP contribution in [0.1, 0.15) is 33.5 Å². The maximum Gasteiger partial charge on any atom is 0.336 e. The Kier molecular flexibility index (Phi) is 4.21. The molecule has 0 radical (unpaired) electrons. The van der Waals surface area contributed by atoms with E-state index in [1.807, 2.05) is 6.07 Å². The summed E-state index contributed by atoms with van der Waals surface area (Å²) in [6.45, 7) is 0.206. The summed E-state index contributed by atoms with van der Waals surface area (Å²) in [5, 5.41) is 0.897. The van der Waals surface area contributed by atoms with Gasteiger partial charge in [0.1, 0.15) is 18.5 Å². The van der Waals surface area contributed by atoms with Crippen LogP contribution in [0, 0.1) is 0 Å². The van der Waals surface area contributed by atoms with Crippen molar-refractivity contribution in [1.82, 2.24) is 0 Å². The lowest BCUT2D eigenvalue weighted by molar-refractivity contribution is 0.112. The largest absolute Gasteiger partial charge is 0.493 e. The first-order chi connectivity index (χ1) is 12.7. The molecule has 0 saturated carbocycles. The lowest BCUT2D eigenvalue weighted by Gasteiger charge is -2.12. The molecule has 3 aromatic rings. The van der Waals surface area contributed by atoms with E-state index >= 15 is 0 Å². The van der Waals surface area contributed by atoms with Crippen molar-refractivity contribution < 1.29 is 18.7 Å². The van der Waals surface area contributed by atoms with E-state index in [2.05, 4.69) is 6.07 Å². The number of aldehydes is 1. The Hall–Kier alpha value is -3.08. The zero-order valence-corrected chi connectivity index (χ0v) is 14.4. The average molecular weight is 350 g/mol. The Morgan fingerprint density at radius 2 is 1.88 bits per heavy atom. The summed E-state index contributed by atoms with van der Waals surface area (Å²) >= 11 is 0. The van der Waals surface area contributed by atoms with E-state index in [0.29, 0.717) is 22.6 Å². The number of rotatable bonds is 5. The van der Waals surface area contributed by atoms with Crippen LogP contribution in [0.2, 0.25) is 0 Å². The highest BCUT2D eigenvalue weighted by Gasteiger charge is 2.16. The van der Waals surface area contributed by atoms with Crippen LogP contribution in [0.5, 0.6) is 11.5 Å². The molecule has 0 spiro atoms. The molecule has 0 unspecified atom stereocenters. The van der Waals surface area contributed by atoms with Crippen molar-refractivity contribution in [2.24, 2.45) is 0 Å². The molecule has 1 aliphatic carbocycles. The Labute approximate surface area is 150 Å². The minimum Gasteiger partial charge on any atom is -0.493 e. The standard InChI is InChI=1S/C21H18O5/c1-24-20-7-13(11-22)5-6-18(20)25-12-16-10-21(23)26-19-9-15-4-2-3-14(15)8-17(16)19/h5-11H,2-4,12H2,1H3. The van der Waals surface area contributed by atoms with Gasteiger partial charge >= 0.3 is 5.63 Å². The lowest BCUT2D eigenvalue weighted by atomic mass is 10.0. The monoisotopic (exact) mass is 350 g/mol. The lowest BCUT2D eigenvalue weighted by Crippen LogP contribution is -2.05. The van der Waals surface area contributed by atoms with Gasteiger partial charge in [-0.15, -0.1) is 0 Å². The summed E-state index contributed by atoms with van der Waals surface area (Å²) in [6, 6.07) is 10.5. The first-order valence-corrected chi connectivity index (χ1v) is 8.52. The van der Waals surface area contributed by atoms with E-state index < -0.39 is 5.63 Å². The first kappa shape index (κ1) is 16.4. The number of methoxy groups -OCH3 is 1. The van der Waals surface area contributed by atoms with Gasteiger partial charge in [0.25, 0.3) is 0 Å². The number of carbonyl (C=O) groups excluding carboxylic acids is 1. The molecule has 0 atom stereocenters. The van der Waals surface area contributed by atoms with Crippen molar-refractivity contribution in [1.29, 1.82) is 0 Å². The van der Waals surface area contributed by atoms with E-state index in [9.17, 15) is 9.59 Å². The van der Waals surface area contributed by atoms with E-state index in [1.165, 1.54) is 24.3 Å². The SMILES string of the molecule is COc1cc(C=O)ccc1OCc1cc(=O)oc2cc3c(cc12)CCC3. The molecule has 5 nitrogen and oxygen atoms in total. The van der Waals surface area contributed by atoms with Crippen molar-refractivity contribution >= 4 is 17.3 Å². The highest BCUT2D eigenvalue weighted by atomic mass is 16.5. The summed E-state index contributed by atoms with van der Waals surface area (Å²) in [4.78, 5) is 22.8. The minimum absolute atomic E-state index is 0.206. The fourth-order valence-corrected chi connectivity index (χ4v) is 3.45. The first-order valence-electron chi connectivity index (χ1n) is 8.52. The van der Waals surface area contributed by atoms with E-state index in [0.717, 1.165) is 36.5 Å². The fraction of sp³-hybridized carbons (Fsp3) is 0.238. The van der Waals surface area contributed by atoms with Gasteiger partial charge in [-0.05, 0) is 60.7 Å². The molecule has 1 heterocycles. The molecule has 4 rings (SSSR count). The van der Waals surface area contributed by atoms with E-state index in [1.54, 1.807) is 18.2 Å². The van der Waals surface area contributed by atoms with Crippen LogP contribution in [-0.4, -0.2) is 13.4 Å². The van der Waals surface area contributed by atoms with Crippen molar-refractivity contribution in [2.75, 3.05) is 7.11 Å². The molecule has 1 aliphatic rings. The fourth-order valence-electron chi connectivity index (χ4n) is 3.45. The third-order valence-corrected chi connectivity index (χ3v) is 4.75. The molecule has 0 aliphatic heterocycles. The number of hydrogen-bond donors (Lipinski definition) is 0. The molecule has 0 fully saturated rings. The molecule has 0 saturated heterocycles. The topological polar surface area (TPSA) is 65.7 Å². The Morgan fingerprint density at radius 3 is 2.65 bits per heavy atom. The smallest absolute Gasteiger partial charge is 0.336 e. The highest BCUT2D eigenvalue weighted by molar-refractivity contribution is 5.82. The second-order valence-electron chi connectivity index (χ2n) is 6.38. The van der Waals surface area contributed by atoms with E-state index in [-0.39, 0.29) is 6.61 Å². The van der Waals surface area contributed by atoms with Crippen LogP contribution in [0.3, 0.4) is 0 Å². The normalized spacial score (nSPS) is 12.8. The van der Waals surface area contributed by atoms with Crippen molar-refractivity contribution in [3.8, 4) is 11.5 Å². The summed E-state index contributed by atoms with van der Waals surface area (Å²) in [7, 11) is 1.52. The molecule has 1 aromatic heterocycles. The van der Waals surface area contributed by atoms with Gasteiger partial charge in [0.15, 0.2) is 11.5 Å². The van der Waals surface area contributed by atoms with Crippen LogP contribution in [0.25, 0.3) is 11.0 Å². The molecular formula is C21H18O5. The molecule has 0 amide bonds. The second-order valence-corrected chi connectivity index (χ2v) is 6.38. The minimum atomic E-state index is -0.391. The van der Waals surface area contributed by atoms with Gasteiger partial charge in [-0.3, -0.25) is 4.79 Å². The Bertz CT molecular complexity index is 1050. The Balaban J connectivity index is 1.69. The van der Waals surface area contributed by atoms with Gasteiger partial charge in [-0.1, -0.05) is 0 Å². The Morgan fingerprint density at radius 1 is 1.08 bits per heavy atom. The molecular weight excluding hydrogens is 332 g/mol. The quantitative estimate of drug-likeness (QED) is 0.519. The second kappa shape index (κ2) is 6.67. The predicted molar refractivity (Wildman–Crippen MR) is 97.2 cm³/mol. The van der Waals surface area contributed by atoms with Crippen LogP contribution in [-0.2, 0) is 19.4 Å². The maximum absolute atomic E-state index is 11.9. The number of carbonyl (C=O) groups is 1. The number of fused-ring (bicyclic) bond motifs is 2. The maximum atomic E-state index is 11.9. The van der Waals surface area contributed by atoms with Crippen LogP contribution in [0.4, 0.5) is 0 Å². The van der Waals surface area contributed by atoms with Crippen LogP contribution >= 0.6 is 0 Å². The predicted octanol–water partition coefficient (Wildman–Crippen LogP) is 3.68. The van der Waals surface area contributed by atoms with Gasteiger partial charge in [0, 0.05) is 22.6 Å². The van der Waals surface area contributed by atoms with Crippen LogP contribution < -0.4 is 15.1 Å². The zero-order valence-electron chi connectivity index (χ0n) is 14.4. The van der Waals surface area contributed by atoms with Gasteiger partial charge < -0.3 is 13.9 Å². The average Bonchev–Trinajstić information content (AvgIpc) is 3.11.